The highest BCUT2D eigenvalue weighted by molar-refractivity contribution is 5.92. The lowest BCUT2D eigenvalue weighted by Gasteiger charge is -2.34. The number of nitrogen functional groups attached to an aromatic ring is 1. The molecule has 104 valence electrons. The standard InChI is InChI=1S/C13H21N5O/c1-13(2)5-3-9(4-6-13)17-12(19)10-7-16-11(18-14)8-15-10/h7-9H,3-6,14H2,1-2H3,(H,16,18)(H,17,19). The molecule has 1 heterocycles. The predicted molar refractivity (Wildman–Crippen MR) is 73.3 cm³/mol. The van der Waals surface area contributed by atoms with E-state index in [2.05, 4.69) is 34.6 Å². The van der Waals surface area contributed by atoms with Crippen molar-refractivity contribution in [1.29, 1.82) is 0 Å². The number of aromatic nitrogens is 2. The molecule has 0 aromatic carbocycles. The molecule has 1 aromatic rings. The first-order valence-electron chi connectivity index (χ1n) is 6.60. The Morgan fingerprint density at radius 2 is 2.00 bits per heavy atom. The Morgan fingerprint density at radius 3 is 2.53 bits per heavy atom. The number of hydrogen-bond acceptors (Lipinski definition) is 5. The summed E-state index contributed by atoms with van der Waals surface area (Å²) in [4.78, 5) is 20.0. The van der Waals surface area contributed by atoms with Crippen molar-refractivity contribution in [2.45, 2.75) is 45.6 Å². The number of anilines is 1. The fourth-order valence-corrected chi connectivity index (χ4v) is 2.32. The molecule has 19 heavy (non-hydrogen) atoms. The maximum atomic E-state index is 12.0. The number of nitrogens with two attached hydrogens (primary N) is 1. The average molecular weight is 263 g/mol. The van der Waals surface area contributed by atoms with E-state index < -0.39 is 0 Å². The smallest absolute Gasteiger partial charge is 0.271 e. The van der Waals surface area contributed by atoms with Gasteiger partial charge in [-0.15, -0.1) is 0 Å². The minimum absolute atomic E-state index is 0.166. The average Bonchev–Trinajstić information content (AvgIpc) is 2.41. The Hall–Kier alpha value is -1.69. The third-order valence-corrected chi connectivity index (χ3v) is 3.71. The lowest BCUT2D eigenvalue weighted by Crippen LogP contribution is -2.39. The van der Waals surface area contributed by atoms with Crippen LogP contribution in [-0.2, 0) is 0 Å². The first-order chi connectivity index (χ1) is 9.00. The Balaban J connectivity index is 1.90. The van der Waals surface area contributed by atoms with Gasteiger partial charge in [0.1, 0.15) is 5.69 Å². The van der Waals surface area contributed by atoms with E-state index in [-0.39, 0.29) is 11.9 Å². The molecule has 1 fully saturated rings. The van der Waals surface area contributed by atoms with E-state index >= 15 is 0 Å². The van der Waals surface area contributed by atoms with Crippen LogP contribution in [0.25, 0.3) is 0 Å². The molecule has 0 spiro atoms. The molecular weight excluding hydrogens is 242 g/mol. The summed E-state index contributed by atoms with van der Waals surface area (Å²) in [5.74, 6) is 5.47. The first kappa shape index (κ1) is 13.7. The number of amides is 1. The summed E-state index contributed by atoms with van der Waals surface area (Å²) in [6, 6.07) is 0.245. The molecule has 1 saturated carbocycles. The van der Waals surface area contributed by atoms with Crippen molar-refractivity contribution in [1.82, 2.24) is 15.3 Å². The van der Waals surface area contributed by atoms with Gasteiger partial charge in [0, 0.05) is 6.04 Å². The van der Waals surface area contributed by atoms with Gasteiger partial charge in [-0.2, -0.15) is 0 Å². The molecule has 0 bridgehead atoms. The highest BCUT2D eigenvalue weighted by atomic mass is 16.1. The Kier molecular flexibility index (Phi) is 3.99. The molecule has 6 heteroatoms. The minimum Gasteiger partial charge on any atom is -0.348 e. The van der Waals surface area contributed by atoms with Crippen molar-refractivity contribution < 1.29 is 4.79 Å². The number of hydrogen-bond donors (Lipinski definition) is 3. The molecule has 1 aliphatic carbocycles. The largest absolute Gasteiger partial charge is 0.348 e. The molecule has 0 unspecified atom stereocenters. The lowest BCUT2D eigenvalue weighted by molar-refractivity contribution is 0.0903. The number of nitrogens with one attached hydrogen (secondary N) is 2. The van der Waals surface area contributed by atoms with Crippen LogP contribution >= 0.6 is 0 Å². The van der Waals surface area contributed by atoms with Gasteiger partial charge in [0.2, 0.25) is 0 Å². The van der Waals surface area contributed by atoms with Gasteiger partial charge in [0.05, 0.1) is 12.4 Å². The van der Waals surface area contributed by atoms with Crippen molar-refractivity contribution in [3.8, 4) is 0 Å². The molecule has 0 aliphatic heterocycles. The van der Waals surface area contributed by atoms with Crippen LogP contribution in [0.15, 0.2) is 12.4 Å². The Labute approximate surface area is 113 Å². The van der Waals surface area contributed by atoms with Crippen molar-refractivity contribution in [3.63, 3.8) is 0 Å². The van der Waals surface area contributed by atoms with Crippen LogP contribution in [0.2, 0.25) is 0 Å². The molecule has 2 rings (SSSR count). The number of nitrogens with zero attached hydrogens (tertiary/aromatic N) is 2. The second-order valence-electron chi connectivity index (χ2n) is 5.84. The van der Waals surface area contributed by atoms with E-state index in [4.69, 9.17) is 5.84 Å². The molecule has 6 nitrogen and oxygen atoms in total. The first-order valence-corrected chi connectivity index (χ1v) is 6.60. The normalized spacial score (nSPS) is 18.9. The van der Waals surface area contributed by atoms with E-state index in [1.165, 1.54) is 12.4 Å². The summed E-state index contributed by atoms with van der Waals surface area (Å²) < 4.78 is 0. The molecule has 0 atom stereocenters. The van der Waals surface area contributed by atoms with Crippen molar-refractivity contribution in [2.75, 3.05) is 5.43 Å². The van der Waals surface area contributed by atoms with Crippen molar-refractivity contribution in [3.05, 3.63) is 18.1 Å². The fourth-order valence-electron chi connectivity index (χ4n) is 2.32. The second-order valence-corrected chi connectivity index (χ2v) is 5.84. The molecule has 0 radical (unpaired) electrons. The van der Waals surface area contributed by atoms with Crippen LogP contribution in [-0.4, -0.2) is 21.9 Å². The van der Waals surface area contributed by atoms with Gasteiger partial charge in [-0.05, 0) is 31.1 Å². The van der Waals surface area contributed by atoms with Gasteiger partial charge in [-0.25, -0.2) is 15.8 Å². The maximum Gasteiger partial charge on any atom is 0.271 e. The van der Waals surface area contributed by atoms with Crippen LogP contribution in [0.3, 0.4) is 0 Å². The number of rotatable bonds is 3. The monoisotopic (exact) mass is 263 g/mol. The number of carbonyl (C=O) groups excluding carboxylic acids is 1. The van der Waals surface area contributed by atoms with Crippen LogP contribution in [0.4, 0.5) is 5.82 Å². The van der Waals surface area contributed by atoms with Crippen molar-refractivity contribution >= 4 is 11.7 Å². The van der Waals surface area contributed by atoms with Gasteiger partial charge in [-0.1, -0.05) is 13.8 Å². The zero-order valence-electron chi connectivity index (χ0n) is 11.4. The lowest BCUT2D eigenvalue weighted by atomic mass is 9.75. The molecule has 1 aromatic heterocycles. The SMILES string of the molecule is CC1(C)CCC(NC(=O)c2cnc(NN)cn2)CC1. The van der Waals surface area contributed by atoms with Gasteiger partial charge >= 0.3 is 0 Å². The Morgan fingerprint density at radius 1 is 1.32 bits per heavy atom. The van der Waals surface area contributed by atoms with Gasteiger partial charge < -0.3 is 10.7 Å². The van der Waals surface area contributed by atoms with Gasteiger partial charge in [-0.3, -0.25) is 4.79 Å². The van der Waals surface area contributed by atoms with E-state index in [0.717, 1.165) is 25.7 Å². The van der Waals surface area contributed by atoms with E-state index in [1.807, 2.05) is 0 Å². The summed E-state index contributed by atoms with van der Waals surface area (Å²) in [6.45, 7) is 4.55. The van der Waals surface area contributed by atoms with E-state index in [9.17, 15) is 4.79 Å². The van der Waals surface area contributed by atoms with Crippen molar-refractivity contribution in [2.24, 2.45) is 11.3 Å². The summed E-state index contributed by atoms with van der Waals surface area (Å²) in [5.41, 5.74) is 3.10. The van der Waals surface area contributed by atoms with Gasteiger partial charge in [0.25, 0.3) is 5.91 Å². The predicted octanol–water partition coefficient (Wildman–Crippen LogP) is 1.46. The van der Waals surface area contributed by atoms with E-state index in [0.29, 0.717) is 16.9 Å². The molecular formula is C13H21N5O. The quantitative estimate of drug-likeness (QED) is 0.567. The van der Waals surface area contributed by atoms with Gasteiger partial charge in [0.15, 0.2) is 5.82 Å². The highest BCUT2D eigenvalue weighted by Gasteiger charge is 2.27. The summed E-state index contributed by atoms with van der Waals surface area (Å²) >= 11 is 0. The molecule has 1 amide bonds. The Bertz CT molecular complexity index is 433. The zero-order chi connectivity index (χ0) is 13.9. The summed E-state index contributed by atoms with van der Waals surface area (Å²) in [5, 5.41) is 3.02. The third-order valence-electron chi connectivity index (χ3n) is 3.71. The minimum atomic E-state index is -0.166. The number of hydrazine groups is 1. The molecule has 0 saturated heterocycles. The molecule has 4 N–H and O–H groups in total. The van der Waals surface area contributed by atoms with Crippen LogP contribution in [0.5, 0.6) is 0 Å². The second kappa shape index (κ2) is 5.52. The zero-order valence-corrected chi connectivity index (χ0v) is 11.4. The summed E-state index contributed by atoms with van der Waals surface area (Å²) in [6.07, 6.45) is 7.19. The van der Waals surface area contributed by atoms with Crippen LogP contribution in [0.1, 0.15) is 50.0 Å². The summed E-state index contributed by atoms with van der Waals surface area (Å²) in [7, 11) is 0. The number of carbonyl (C=O) groups is 1. The molecule has 1 aliphatic rings. The third kappa shape index (κ3) is 3.64. The topological polar surface area (TPSA) is 92.9 Å². The highest BCUT2D eigenvalue weighted by Crippen LogP contribution is 2.34. The van der Waals surface area contributed by atoms with Crippen LogP contribution < -0.4 is 16.6 Å². The van der Waals surface area contributed by atoms with E-state index in [1.54, 1.807) is 0 Å². The maximum absolute atomic E-state index is 12.0. The fraction of sp³-hybridized carbons (Fsp3) is 0.615. The van der Waals surface area contributed by atoms with Crippen LogP contribution in [0, 0.1) is 5.41 Å².